The van der Waals surface area contributed by atoms with Crippen molar-refractivity contribution >= 4 is 43.1 Å². The van der Waals surface area contributed by atoms with Gasteiger partial charge in [0.2, 0.25) is 0 Å². The van der Waals surface area contributed by atoms with Crippen LogP contribution in [0.5, 0.6) is 0 Å². The van der Waals surface area contributed by atoms with Crippen molar-refractivity contribution in [1.82, 2.24) is 15.0 Å². The topological polar surface area (TPSA) is 38.7 Å². The van der Waals surface area contributed by atoms with Crippen LogP contribution in [0.1, 0.15) is 0 Å². The smallest absolute Gasteiger partial charge is 0.0780 e. The molecule has 3 nitrogen and oxygen atoms in total. The van der Waals surface area contributed by atoms with Gasteiger partial charge in [0.1, 0.15) is 0 Å². The minimum absolute atomic E-state index is 0.927. The number of pyridine rings is 3. The summed E-state index contributed by atoms with van der Waals surface area (Å²) in [5.74, 6) is 0. The highest BCUT2D eigenvalue weighted by Crippen LogP contribution is 2.40. The maximum atomic E-state index is 5.42. The number of benzene rings is 7. The van der Waals surface area contributed by atoms with Crippen LogP contribution in [0.15, 0.2) is 188 Å². The number of aromatic nitrogens is 3. The first kappa shape index (κ1) is 29.9. The zero-order valence-corrected chi connectivity index (χ0v) is 28.2. The monoisotopic (exact) mass is 661 g/mol. The third kappa shape index (κ3) is 5.19. The van der Waals surface area contributed by atoms with Crippen LogP contribution in [-0.2, 0) is 0 Å². The van der Waals surface area contributed by atoms with Crippen molar-refractivity contribution in [2.24, 2.45) is 0 Å². The molecule has 10 rings (SSSR count). The molecule has 0 fully saturated rings. The average Bonchev–Trinajstić information content (AvgIpc) is 3.22. The normalized spacial score (nSPS) is 11.5. The number of nitrogens with zero attached hydrogens (tertiary/aromatic N) is 3. The molecule has 0 atom stereocenters. The predicted octanol–water partition coefficient (Wildman–Crippen LogP) is 12.8. The van der Waals surface area contributed by atoms with Crippen LogP contribution >= 0.6 is 0 Å². The zero-order chi connectivity index (χ0) is 34.4. The predicted molar refractivity (Wildman–Crippen MR) is 217 cm³/mol. The minimum Gasteiger partial charge on any atom is -0.256 e. The lowest BCUT2D eigenvalue weighted by Crippen LogP contribution is -1.95. The van der Waals surface area contributed by atoms with E-state index in [1.807, 2.05) is 12.4 Å². The molecule has 242 valence electrons. The van der Waals surface area contributed by atoms with Gasteiger partial charge in [0, 0.05) is 45.4 Å². The van der Waals surface area contributed by atoms with Gasteiger partial charge in [-0.2, -0.15) is 0 Å². The lowest BCUT2D eigenvalue weighted by atomic mass is 9.92. The Labute approximate surface area is 301 Å². The highest BCUT2D eigenvalue weighted by atomic mass is 14.7. The van der Waals surface area contributed by atoms with Gasteiger partial charge in [-0.3, -0.25) is 9.97 Å². The van der Waals surface area contributed by atoms with Crippen molar-refractivity contribution in [3.8, 4) is 56.2 Å². The van der Waals surface area contributed by atoms with Crippen molar-refractivity contribution in [3.05, 3.63) is 188 Å². The summed E-state index contributed by atoms with van der Waals surface area (Å²) < 4.78 is 0. The van der Waals surface area contributed by atoms with Gasteiger partial charge in [0.25, 0.3) is 0 Å². The molecule has 52 heavy (non-hydrogen) atoms. The van der Waals surface area contributed by atoms with E-state index in [0.717, 1.165) is 77.7 Å². The van der Waals surface area contributed by atoms with Crippen LogP contribution in [0, 0.1) is 0 Å². The maximum absolute atomic E-state index is 5.42. The molecule has 3 aromatic heterocycles. The molecular weight excluding hydrogens is 631 g/mol. The van der Waals surface area contributed by atoms with Crippen LogP contribution in [-0.4, -0.2) is 15.0 Å². The van der Waals surface area contributed by atoms with E-state index in [1.165, 1.54) is 21.5 Å². The van der Waals surface area contributed by atoms with Crippen LogP contribution in [0.2, 0.25) is 0 Å². The second kappa shape index (κ2) is 12.4. The summed E-state index contributed by atoms with van der Waals surface area (Å²) in [5.41, 5.74) is 10.2. The van der Waals surface area contributed by atoms with Gasteiger partial charge in [-0.05, 0) is 85.9 Å². The lowest BCUT2D eigenvalue weighted by molar-refractivity contribution is 1.33. The van der Waals surface area contributed by atoms with Crippen LogP contribution < -0.4 is 0 Å². The Kier molecular flexibility index (Phi) is 7.14. The Morgan fingerprint density at radius 3 is 1.13 bits per heavy atom. The van der Waals surface area contributed by atoms with Gasteiger partial charge in [-0.15, -0.1) is 0 Å². The molecule has 3 heteroatoms. The van der Waals surface area contributed by atoms with Crippen LogP contribution in [0.3, 0.4) is 0 Å². The fraction of sp³-hybridized carbons (Fsp3) is 0. The molecule has 0 aliphatic heterocycles. The van der Waals surface area contributed by atoms with E-state index in [1.54, 1.807) is 0 Å². The minimum atomic E-state index is 0.927. The molecule has 0 radical (unpaired) electrons. The Morgan fingerprint density at radius 2 is 0.654 bits per heavy atom. The molecule has 3 heterocycles. The van der Waals surface area contributed by atoms with Crippen molar-refractivity contribution in [2.75, 3.05) is 0 Å². The molecule has 10 aromatic rings. The first-order chi connectivity index (χ1) is 25.8. The highest BCUT2D eigenvalue weighted by molar-refractivity contribution is 6.02. The Hall–Kier alpha value is -6.97. The van der Waals surface area contributed by atoms with E-state index in [-0.39, 0.29) is 0 Å². The van der Waals surface area contributed by atoms with E-state index < -0.39 is 0 Å². The van der Waals surface area contributed by atoms with Crippen LogP contribution in [0.4, 0.5) is 0 Å². The van der Waals surface area contributed by atoms with E-state index in [2.05, 4.69) is 176 Å². The molecule has 0 saturated heterocycles. The third-order valence-corrected chi connectivity index (χ3v) is 10.1. The third-order valence-electron chi connectivity index (χ3n) is 10.1. The van der Waals surface area contributed by atoms with Gasteiger partial charge >= 0.3 is 0 Å². The Morgan fingerprint density at radius 1 is 0.288 bits per heavy atom. The fourth-order valence-electron chi connectivity index (χ4n) is 7.64. The summed E-state index contributed by atoms with van der Waals surface area (Å²) in [6, 6.07) is 62.4. The summed E-state index contributed by atoms with van der Waals surface area (Å²) in [4.78, 5) is 15.4. The van der Waals surface area contributed by atoms with Gasteiger partial charge in [0.05, 0.1) is 22.8 Å². The quantitative estimate of drug-likeness (QED) is 0.184. The molecule has 0 aliphatic carbocycles. The van der Waals surface area contributed by atoms with Crippen molar-refractivity contribution in [1.29, 1.82) is 0 Å². The van der Waals surface area contributed by atoms with E-state index in [9.17, 15) is 0 Å². The van der Waals surface area contributed by atoms with E-state index in [0.29, 0.717) is 0 Å². The molecule has 7 aromatic carbocycles. The zero-order valence-electron chi connectivity index (χ0n) is 28.2. The highest BCUT2D eigenvalue weighted by Gasteiger charge is 2.17. The second-order valence-electron chi connectivity index (χ2n) is 13.2. The first-order valence-electron chi connectivity index (χ1n) is 17.6. The number of fused-ring (bicyclic) bond motifs is 4. The molecule has 0 saturated carbocycles. The molecule has 0 spiro atoms. The molecule has 0 N–H and O–H groups in total. The molecule has 0 unspecified atom stereocenters. The van der Waals surface area contributed by atoms with Gasteiger partial charge in [-0.25, -0.2) is 4.98 Å². The van der Waals surface area contributed by atoms with Crippen molar-refractivity contribution < 1.29 is 0 Å². The van der Waals surface area contributed by atoms with Crippen LogP contribution in [0.25, 0.3) is 99.2 Å². The van der Waals surface area contributed by atoms with E-state index >= 15 is 0 Å². The number of hydrogen-bond donors (Lipinski definition) is 0. The summed E-state index contributed by atoms with van der Waals surface area (Å²) in [5, 5.41) is 9.26. The average molecular weight is 662 g/mol. The summed E-state index contributed by atoms with van der Waals surface area (Å²) >= 11 is 0. The van der Waals surface area contributed by atoms with Crippen molar-refractivity contribution in [2.45, 2.75) is 0 Å². The van der Waals surface area contributed by atoms with Crippen molar-refractivity contribution in [3.63, 3.8) is 0 Å². The lowest BCUT2D eigenvalue weighted by Gasteiger charge is -2.16. The number of rotatable bonds is 5. The largest absolute Gasteiger partial charge is 0.256 e. The molecular formula is C49H31N3. The molecule has 0 aliphatic rings. The number of hydrogen-bond acceptors (Lipinski definition) is 3. The van der Waals surface area contributed by atoms with Gasteiger partial charge in [0.15, 0.2) is 0 Å². The standard InChI is InChI=1S/C49H31N3/c1-5-17-40-32(11-1)15-9-21-44(40)46-30-37(31-47(52-46)45-22-10-16-33-12-2-6-18-41(33)45)36-27-38(48-42-19-7-3-13-34(42)23-25-50-48)29-39(28-36)49-43-20-8-4-14-35(43)24-26-51-49/h1-31H. The summed E-state index contributed by atoms with van der Waals surface area (Å²) in [6.45, 7) is 0. The fourth-order valence-corrected chi connectivity index (χ4v) is 7.64. The summed E-state index contributed by atoms with van der Waals surface area (Å²) in [7, 11) is 0. The molecule has 0 amide bonds. The van der Waals surface area contributed by atoms with Gasteiger partial charge < -0.3 is 0 Å². The van der Waals surface area contributed by atoms with Gasteiger partial charge in [-0.1, -0.05) is 133 Å². The molecule has 0 bridgehead atoms. The van der Waals surface area contributed by atoms with E-state index in [4.69, 9.17) is 15.0 Å². The maximum Gasteiger partial charge on any atom is 0.0780 e. The first-order valence-corrected chi connectivity index (χ1v) is 17.6. The Bertz CT molecular complexity index is 2560. The summed E-state index contributed by atoms with van der Waals surface area (Å²) in [6.07, 6.45) is 3.81. The SMILES string of the molecule is c1ccc2c(-c3cc(-c4cc(-c5nccc6ccccc56)cc(-c5nccc6ccccc56)c4)cc(-c4cccc5ccccc45)n3)cccc2c1. The Balaban J connectivity index is 1.28. The second-order valence-corrected chi connectivity index (χ2v) is 13.2.